The van der Waals surface area contributed by atoms with Gasteiger partial charge in [-0.3, -0.25) is 4.90 Å². The molecule has 0 N–H and O–H groups in total. The molecule has 3 nitrogen and oxygen atoms in total. The maximum Gasteiger partial charge on any atom is 0.0594 e. The monoisotopic (exact) mass is 352 g/mol. The molecule has 0 unspecified atom stereocenters. The highest BCUT2D eigenvalue weighted by atomic mass is 35.5. The van der Waals surface area contributed by atoms with Crippen molar-refractivity contribution >= 4 is 11.6 Å². The summed E-state index contributed by atoms with van der Waals surface area (Å²) in [6.45, 7) is 11.5. The maximum atomic E-state index is 6.09. The Kier molecular flexibility index (Phi) is 8.02. The Morgan fingerprint density at radius 1 is 1.00 bits per heavy atom. The minimum atomic E-state index is 0.315. The Morgan fingerprint density at radius 2 is 1.58 bits per heavy atom. The summed E-state index contributed by atoms with van der Waals surface area (Å²) in [6, 6.07) is 8.58. The van der Waals surface area contributed by atoms with Gasteiger partial charge in [0, 0.05) is 18.1 Å². The normalized spacial score (nSPS) is 21.8. The zero-order chi connectivity index (χ0) is 17.4. The molecule has 0 saturated carbocycles. The smallest absolute Gasteiger partial charge is 0.0594 e. The Bertz CT molecular complexity index is 463. The van der Waals surface area contributed by atoms with Crippen LogP contribution in [0.3, 0.4) is 0 Å². The molecule has 0 bridgehead atoms. The molecule has 1 aromatic rings. The molecule has 0 amide bonds. The van der Waals surface area contributed by atoms with Gasteiger partial charge in [-0.05, 0) is 69.1 Å². The second-order valence-electron chi connectivity index (χ2n) is 6.79. The van der Waals surface area contributed by atoms with E-state index in [1.54, 1.807) is 0 Å². The van der Waals surface area contributed by atoms with Crippen LogP contribution in [0.5, 0.6) is 0 Å². The molecule has 2 heterocycles. The van der Waals surface area contributed by atoms with Crippen molar-refractivity contribution in [2.75, 3.05) is 53.0 Å². The summed E-state index contributed by atoms with van der Waals surface area (Å²) in [6.07, 6.45) is 3.73. The first kappa shape index (κ1) is 19.7. The number of hydrogen-bond donors (Lipinski definition) is 0. The summed E-state index contributed by atoms with van der Waals surface area (Å²) in [7, 11) is 2.23. The lowest BCUT2D eigenvalue weighted by Gasteiger charge is -2.42. The quantitative estimate of drug-likeness (QED) is 0.813. The number of likely N-dealkylation sites (tertiary alicyclic amines) is 1. The van der Waals surface area contributed by atoms with Crippen molar-refractivity contribution in [3.63, 3.8) is 0 Å². The Labute approximate surface area is 152 Å². The van der Waals surface area contributed by atoms with Crippen LogP contribution in [0.15, 0.2) is 24.3 Å². The fourth-order valence-corrected chi connectivity index (χ4v) is 3.86. The van der Waals surface area contributed by atoms with Gasteiger partial charge in [-0.25, -0.2) is 0 Å². The molecule has 2 aliphatic heterocycles. The first-order chi connectivity index (χ1) is 11.7. The molecule has 4 heteroatoms. The van der Waals surface area contributed by atoms with E-state index in [0.717, 1.165) is 31.3 Å². The van der Waals surface area contributed by atoms with Crippen LogP contribution >= 0.6 is 11.6 Å². The molecule has 0 radical (unpaired) electrons. The topological polar surface area (TPSA) is 15.7 Å². The highest BCUT2D eigenvalue weighted by Crippen LogP contribution is 2.39. The summed E-state index contributed by atoms with van der Waals surface area (Å²) >= 11 is 6.09. The van der Waals surface area contributed by atoms with Gasteiger partial charge in [-0.15, -0.1) is 0 Å². The molecule has 2 saturated heterocycles. The van der Waals surface area contributed by atoms with E-state index in [9.17, 15) is 0 Å². The van der Waals surface area contributed by atoms with Gasteiger partial charge in [-0.1, -0.05) is 37.6 Å². The summed E-state index contributed by atoms with van der Waals surface area (Å²) < 4.78 is 5.47. The average molecular weight is 353 g/mol. The number of nitrogens with zero attached hydrogens (tertiary/aromatic N) is 2. The molecule has 2 aliphatic rings. The van der Waals surface area contributed by atoms with Crippen molar-refractivity contribution in [2.45, 2.75) is 38.5 Å². The molecule has 3 rings (SSSR count). The second kappa shape index (κ2) is 9.76. The number of morpholine rings is 1. The minimum Gasteiger partial charge on any atom is -0.379 e. The Hall–Kier alpha value is -0.610. The van der Waals surface area contributed by atoms with Crippen LogP contribution in [-0.4, -0.2) is 62.8 Å². The summed E-state index contributed by atoms with van der Waals surface area (Å²) in [5.41, 5.74) is 1.79. The van der Waals surface area contributed by atoms with Crippen molar-refractivity contribution < 1.29 is 4.74 Å². The lowest BCUT2D eigenvalue weighted by atomic mass is 9.70. The molecular weight excluding hydrogens is 320 g/mol. The molecule has 0 atom stereocenters. The minimum absolute atomic E-state index is 0.315. The van der Waals surface area contributed by atoms with Gasteiger partial charge in [0.05, 0.1) is 13.2 Å². The molecule has 136 valence electrons. The fourth-order valence-electron chi connectivity index (χ4n) is 3.73. The number of halogens is 1. The Morgan fingerprint density at radius 3 is 2.17 bits per heavy atom. The number of hydrogen-bond acceptors (Lipinski definition) is 3. The van der Waals surface area contributed by atoms with Crippen LogP contribution in [0.2, 0.25) is 5.02 Å². The van der Waals surface area contributed by atoms with E-state index in [1.807, 2.05) is 26.0 Å². The van der Waals surface area contributed by atoms with Crippen molar-refractivity contribution in [3.8, 4) is 0 Å². The summed E-state index contributed by atoms with van der Waals surface area (Å²) in [5, 5.41) is 0.833. The lowest BCUT2D eigenvalue weighted by Crippen LogP contribution is -2.44. The maximum absolute atomic E-state index is 6.09. The van der Waals surface area contributed by atoms with Gasteiger partial charge in [-0.2, -0.15) is 0 Å². The number of rotatable bonds is 4. The van der Waals surface area contributed by atoms with Crippen LogP contribution in [0.1, 0.15) is 38.7 Å². The van der Waals surface area contributed by atoms with E-state index >= 15 is 0 Å². The highest BCUT2D eigenvalue weighted by molar-refractivity contribution is 6.30. The standard InChI is InChI=1S/C18H27ClN2O.C2H6/c1-20-9-6-18(7-10-20,16-2-4-17(19)5-3-16)8-11-21-12-14-22-15-13-21;1-2/h2-5H,6-15H2,1H3;1-2H3. The van der Waals surface area contributed by atoms with Gasteiger partial charge < -0.3 is 9.64 Å². The van der Waals surface area contributed by atoms with Crippen molar-refractivity contribution in [3.05, 3.63) is 34.9 Å². The van der Waals surface area contributed by atoms with E-state index in [0.29, 0.717) is 5.41 Å². The van der Waals surface area contributed by atoms with E-state index in [2.05, 4.69) is 29.0 Å². The zero-order valence-corrected chi connectivity index (χ0v) is 16.3. The predicted octanol–water partition coefficient (Wildman–Crippen LogP) is 4.05. The summed E-state index contributed by atoms with van der Waals surface area (Å²) in [4.78, 5) is 5.00. The predicted molar refractivity (Wildman–Crippen MR) is 103 cm³/mol. The second-order valence-corrected chi connectivity index (χ2v) is 7.23. The van der Waals surface area contributed by atoms with Crippen LogP contribution in [-0.2, 0) is 10.2 Å². The van der Waals surface area contributed by atoms with Gasteiger partial charge in [0.1, 0.15) is 0 Å². The summed E-state index contributed by atoms with van der Waals surface area (Å²) in [5.74, 6) is 0. The third-order valence-electron chi connectivity index (χ3n) is 5.41. The van der Waals surface area contributed by atoms with E-state index < -0.39 is 0 Å². The van der Waals surface area contributed by atoms with Crippen molar-refractivity contribution in [2.24, 2.45) is 0 Å². The van der Waals surface area contributed by atoms with Crippen LogP contribution < -0.4 is 0 Å². The van der Waals surface area contributed by atoms with Crippen LogP contribution in [0.4, 0.5) is 0 Å². The van der Waals surface area contributed by atoms with E-state index in [4.69, 9.17) is 16.3 Å². The van der Waals surface area contributed by atoms with E-state index in [-0.39, 0.29) is 0 Å². The molecule has 1 aromatic carbocycles. The third kappa shape index (κ3) is 5.19. The largest absolute Gasteiger partial charge is 0.379 e. The van der Waals surface area contributed by atoms with Gasteiger partial charge >= 0.3 is 0 Å². The lowest BCUT2D eigenvalue weighted by molar-refractivity contribution is 0.0317. The fraction of sp³-hybridized carbons (Fsp3) is 0.700. The van der Waals surface area contributed by atoms with Gasteiger partial charge in [0.15, 0.2) is 0 Å². The van der Waals surface area contributed by atoms with Crippen molar-refractivity contribution in [1.29, 1.82) is 0 Å². The van der Waals surface area contributed by atoms with Gasteiger partial charge in [0.2, 0.25) is 0 Å². The molecular formula is C20H33ClN2O. The molecule has 2 fully saturated rings. The van der Waals surface area contributed by atoms with Gasteiger partial charge in [0.25, 0.3) is 0 Å². The highest BCUT2D eigenvalue weighted by Gasteiger charge is 2.35. The SMILES string of the molecule is CC.CN1CCC(CCN2CCOCC2)(c2ccc(Cl)cc2)CC1. The third-order valence-corrected chi connectivity index (χ3v) is 5.66. The molecule has 0 aliphatic carbocycles. The first-order valence-electron chi connectivity index (χ1n) is 9.43. The number of ether oxygens (including phenoxy) is 1. The van der Waals surface area contributed by atoms with E-state index in [1.165, 1.54) is 44.5 Å². The zero-order valence-electron chi connectivity index (χ0n) is 15.6. The van der Waals surface area contributed by atoms with Crippen LogP contribution in [0, 0.1) is 0 Å². The molecule has 0 spiro atoms. The average Bonchev–Trinajstić information content (AvgIpc) is 2.65. The Balaban J connectivity index is 0.00000100. The molecule has 24 heavy (non-hydrogen) atoms. The first-order valence-corrected chi connectivity index (χ1v) is 9.80. The molecule has 0 aromatic heterocycles. The van der Waals surface area contributed by atoms with Crippen molar-refractivity contribution in [1.82, 2.24) is 9.80 Å². The number of benzene rings is 1. The number of piperidine rings is 1. The van der Waals surface area contributed by atoms with Crippen LogP contribution in [0.25, 0.3) is 0 Å².